The van der Waals surface area contributed by atoms with E-state index in [4.69, 9.17) is 0 Å². The fraction of sp³-hybridized carbons (Fsp3) is 0.786. The second-order valence-electron chi connectivity index (χ2n) is 5.98. The fourth-order valence-corrected chi connectivity index (χ4v) is 3.37. The van der Waals surface area contributed by atoms with Gasteiger partial charge in [-0.25, -0.2) is 8.78 Å². The third-order valence-electron chi connectivity index (χ3n) is 4.66. The van der Waals surface area contributed by atoms with Crippen molar-refractivity contribution in [1.82, 2.24) is 14.7 Å². The molecule has 6 heteroatoms. The minimum atomic E-state index is -2.43. The van der Waals surface area contributed by atoms with Gasteiger partial charge in [-0.05, 0) is 19.3 Å². The van der Waals surface area contributed by atoms with E-state index in [1.54, 1.807) is 0 Å². The summed E-state index contributed by atoms with van der Waals surface area (Å²) in [4.78, 5) is 2.38. The number of alkyl halides is 2. The lowest BCUT2D eigenvalue weighted by Crippen LogP contribution is -2.39. The summed E-state index contributed by atoms with van der Waals surface area (Å²) in [7, 11) is 1.88. The summed E-state index contributed by atoms with van der Waals surface area (Å²) in [5, 5.41) is 7.45. The summed E-state index contributed by atoms with van der Waals surface area (Å²) in [5.74, 6) is -2.43. The molecule has 1 aliphatic carbocycles. The Balaban J connectivity index is 1.57. The minimum absolute atomic E-state index is 0.0461. The molecule has 1 aromatic heterocycles. The zero-order valence-corrected chi connectivity index (χ0v) is 11.9. The number of hydrogen-bond acceptors (Lipinski definition) is 3. The summed E-state index contributed by atoms with van der Waals surface area (Å²) < 4.78 is 28.4. The third-order valence-corrected chi connectivity index (χ3v) is 4.66. The number of halogens is 2. The van der Waals surface area contributed by atoms with Gasteiger partial charge in [0.25, 0.3) is 0 Å². The Morgan fingerprint density at radius 1 is 1.25 bits per heavy atom. The van der Waals surface area contributed by atoms with Gasteiger partial charge < -0.3 is 5.32 Å². The van der Waals surface area contributed by atoms with Crippen LogP contribution in [0.3, 0.4) is 0 Å². The lowest BCUT2D eigenvalue weighted by atomic mass is 9.91. The molecule has 2 fully saturated rings. The summed E-state index contributed by atoms with van der Waals surface area (Å²) in [6, 6.07) is 0.707. The van der Waals surface area contributed by atoms with E-state index in [9.17, 15) is 8.78 Å². The molecule has 0 aromatic carbocycles. The summed E-state index contributed by atoms with van der Waals surface area (Å²) >= 11 is 0. The van der Waals surface area contributed by atoms with Crippen LogP contribution in [0, 0.1) is 0 Å². The molecule has 0 bridgehead atoms. The molecule has 0 radical (unpaired) electrons. The molecule has 1 aromatic rings. The third kappa shape index (κ3) is 2.80. The van der Waals surface area contributed by atoms with Gasteiger partial charge in [0.1, 0.15) is 0 Å². The molecule has 2 heterocycles. The van der Waals surface area contributed by atoms with Crippen molar-refractivity contribution in [2.75, 3.05) is 25.5 Å². The lowest BCUT2D eigenvalue weighted by molar-refractivity contribution is -0.0518. The highest BCUT2D eigenvalue weighted by molar-refractivity contribution is 5.37. The van der Waals surface area contributed by atoms with Crippen molar-refractivity contribution in [2.45, 2.75) is 50.1 Å². The number of nitrogens with zero attached hydrogens (tertiary/aromatic N) is 3. The van der Waals surface area contributed by atoms with Gasteiger partial charge in [0, 0.05) is 45.2 Å². The average Bonchev–Trinajstić information content (AvgIpc) is 3.07. The van der Waals surface area contributed by atoms with Gasteiger partial charge in [-0.3, -0.25) is 9.58 Å². The molecule has 112 valence electrons. The van der Waals surface area contributed by atoms with Crippen molar-refractivity contribution < 1.29 is 8.78 Å². The molecule has 20 heavy (non-hydrogen) atoms. The molecule has 1 saturated carbocycles. The van der Waals surface area contributed by atoms with E-state index in [0.717, 1.165) is 25.2 Å². The van der Waals surface area contributed by atoms with E-state index in [1.807, 2.05) is 24.1 Å². The second-order valence-corrected chi connectivity index (χ2v) is 5.98. The fourth-order valence-electron chi connectivity index (χ4n) is 3.37. The van der Waals surface area contributed by atoms with Crippen LogP contribution in [0.1, 0.15) is 38.1 Å². The quantitative estimate of drug-likeness (QED) is 0.926. The number of aromatic nitrogens is 2. The van der Waals surface area contributed by atoms with Crippen LogP contribution in [0.15, 0.2) is 12.4 Å². The van der Waals surface area contributed by atoms with Gasteiger partial charge in [0.05, 0.1) is 17.9 Å². The first-order valence-electron chi connectivity index (χ1n) is 7.41. The van der Waals surface area contributed by atoms with Crippen molar-refractivity contribution in [3.63, 3.8) is 0 Å². The van der Waals surface area contributed by atoms with Gasteiger partial charge in [-0.1, -0.05) is 0 Å². The van der Waals surface area contributed by atoms with Crippen LogP contribution in [0.4, 0.5) is 14.5 Å². The Morgan fingerprint density at radius 3 is 2.65 bits per heavy atom. The van der Waals surface area contributed by atoms with Crippen LogP contribution in [-0.4, -0.2) is 46.8 Å². The second kappa shape index (κ2) is 5.31. The topological polar surface area (TPSA) is 33.1 Å². The number of rotatable bonds is 3. The van der Waals surface area contributed by atoms with E-state index >= 15 is 0 Å². The Hall–Kier alpha value is -1.17. The molecule has 0 spiro atoms. The van der Waals surface area contributed by atoms with E-state index < -0.39 is 5.92 Å². The van der Waals surface area contributed by atoms with E-state index in [2.05, 4.69) is 15.3 Å². The first kappa shape index (κ1) is 13.8. The van der Waals surface area contributed by atoms with Crippen molar-refractivity contribution in [3.8, 4) is 0 Å². The zero-order chi connectivity index (χ0) is 14.2. The van der Waals surface area contributed by atoms with E-state index in [-0.39, 0.29) is 12.8 Å². The number of anilines is 1. The molecule has 0 unspecified atom stereocenters. The van der Waals surface area contributed by atoms with Gasteiger partial charge in [-0.2, -0.15) is 5.10 Å². The largest absolute Gasteiger partial charge is 0.386 e. The molecule has 1 N–H and O–H groups in total. The summed E-state index contributed by atoms with van der Waals surface area (Å²) in [6.07, 6.45) is 6.24. The van der Waals surface area contributed by atoms with Crippen LogP contribution >= 0.6 is 0 Å². The highest BCUT2D eigenvalue weighted by Crippen LogP contribution is 2.37. The maximum atomic E-state index is 13.2. The van der Waals surface area contributed by atoms with Crippen molar-refractivity contribution in [3.05, 3.63) is 12.4 Å². The maximum absolute atomic E-state index is 13.2. The van der Waals surface area contributed by atoms with E-state index in [0.29, 0.717) is 24.9 Å². The Bertz CT molecular complexity index is 450. The molecular weight excluding hydrogens is 262 g/mol. The Kier molecular flexibility index (Phi) is 3.67. The number of hydrogen-bond donors (Lipinski definition) is 1. The van der Waals surface area contributed by atoms with Crippen LogP contribution in [-0.2, 0) is 0 Å². The van der Waals surface area contributed by atoms with Crippen LogP contribution in [0.5, 0.6) is 0 Å². The molecule has 3 rings (SSSR count). The Morgan fingerprint density at radius 2 is 2.00 bits per heavy atom. The molecule has 1 aliphatic heterocycles. The first-order chi connectivity index (χ1) is 9.57. The Labute approximate surface area is 118 Å². The average molecular weight is 284 g/mol. The summed E-state index contributed by atoms with van der Waals surface area (Å²) in [5.41, 5.74) is 1.01. The van der Waals surface area contributed by atoms with Gasteiger partial charge in [0.2, 0.25) is 5.92 Å². The van der Waals surface area contributed by atoms with Gasteiger partial charge in [-0.15, -0.1) is 0 Å². The standard InChI is InChI=1S/C14H22F2N4/c1-17-11-8-18-20(9-11)13-4-7-19(10-13)12-2-5-14(15,16)6-3-12/h8-9,12-13,17H,2-7,10H2,1H3/t13-/m0/s1. The molecule has 2 aliphatic rings. The molecule has 4 nitrogen and oxygen atoms in total. The zero-order valence-electron chi connectivity index (χ0n) is 11.9. The predicted octanol–water partition coefficient (Wildman–Crippen LogP) is 2.75. The minimum Gasteiger partial charge on any atom is -0.386 e. The normalized spacial score (nSPS) is 27.9. The van der Waals surface area contributed by atoms with Crippen LogP contribution in [0.25, 0.3) is 0 Å². The van der Waals surface area contributed by atoms with Crippen molar-refractivity contribution in [2.24, 2.45) is 0 Å². The van der Waals surface area contributed by atoms with Crippen LogP contribution in [0.2, 0.25) is 0 Å². The number of likely N-dealkylation sites (tertiary alicyclic amines) is 1. The van der Waals surface area contributed by atoms with Gasteiger partial charge >= 0.3 is 0 Å². The molecular formula is C14H22F2N4. The highest BCUT2D eigenvalue weighted by atomic mass is 19.3. The van der Waals surface area contributed by atoms with Crippen molar-refractivity contribution in [1.29, 1.82) is 0 Å². The van der Waals surface area contributed by atoms with Gasteiger partial charge in [0.15, 0.2) is 0 Å². The molecule has 0 amide bonds. The predicted molar refractivity (Wildman–Crippen MR) is 74.2 cm³/mol. The lowest BCUT2D eigenvalue weighted by Gasteiger charge is -2.34. The monoisotopic (exact) mass is 284 g/mol. The number of nitrogens with one attached hydrogen (secondary N) is 1. The van der Waals surface area contributed by atoms with E-state index in [1.165, 1.54) is 0 Å². The smallest absolute Gasteiger partial charge is 0.248 e. The summed E-state index contributed by atoms with van der Waals surface area (Å²) in [6.45, 7) is 1.93. The molecule has 1 saturated heterocycles. The maximum Gasteiger partial charge on any atom is 0.248 e. The molecule has 1 atom stereocenters. The van der Waals surface area contributed by atoms with Crippen LogP contribution < -0.4 is 5.32 Å². The van der Waals surface area contributed by atoms with Crippen molar-refractivity contribution >= 4 is 5.69 Å². The SMILES string of the molecule is CNc1cnn([C@H]2CCN(C3CCC(F)(F)CC3)C2)c1. The first-order valence-corrected chi connectivity index (χ1v) is 7.41. The highest BCUT2D eigenvalue weighted by Gasteiger charge is 2.38.